The summed E-state index contributed by atoms with van der Waals surface area (Å²) >= 11 is 0. The van der Waals surface area contributed by atoms with Gasteiger partial charge in [-0.25, -0.2) is 12.7 Å². The number of benzene rings is 1. The van der Waals surface area contributed by atoms with Gasteiger partial charge in [-0.3, -0.25) is 9.69 Å². The number of hydrogen-bond donors (Lipinski definition) is 0. The summed E-state index contributed by atoms with van der Waals surface area (Å²) in [5, 5.41) is 0. The maximum atomic E-state index is 12.1. The number of hydrogen-bond acceptors (Lipinski definition) is 5. The van der Waals surface area contributed by atoms with Gasteiger partial charge in [-0.05, 0) is 31.7 Å². The lowest BCUT2D eigenvalue weighted by atomic mass is 10.2. The van der Waals surface area contributed by atoms with Crippen LogP contribution in [0, 0.1) is 0 Å². The molecule has 0 aliphatic rings. The van der Waals surface area contributed by atoms with E-state index >= 15 is 0 Å². The fourth-order valence-corrected chi connectivity index (χ4v) is 2.78. The fraction of sp³-hybridized carbons (Fsp3) is 0.500. The summed E-state index contributed by atoms with van der Waals surface area (Å²) in [6.45, 7) is 2.74. The van der Waals surface area contributed by atoms with Crippen molar-refractivity contribution in [1.29, 1.82) is 0 Å². The summed E-state index contributed by atoms with van der Waals surface area (Å²) in [5.41, 5.74) is 0.824. The minimum Gasteiger partial charge on any atom is -0.465 e. The third-order valence-electron chi connectivity index (χ3n) is 2.83. The SMILES string of the molecule is CCOC(=O)CN(C)Cc1cccc(S(=O)(=O)N(C)C)c1. The van der Waals surface area contributed by atoms with Gasteiger partial charge in [0.05, 0.1) is 18.0 Å². The first-order valence-corrected chi connectivity index (χ1v) is 8.07. The summed E-state index contributed by atoms with van der Waals surface area (Å²) in [6.07, 6.45) is 0. The number of esters is 1. The number of rotatable bonds is 7. The monoisotopic (exact) mass is 314 g/mol. The molecule has 0 aromatic heterocycles. The van der Waals surface area contributed by atoms with Crippen LogP contribution in [-0.4, -0.2) is 57.9 Å². The van der Waals surface area contributed by atoms with Crippen molar-refractivity contribution < 1.29 is 17.9 Å². The molecule has 0 saturated heterocycles. The van der Waals surface area contributed by atoms with Crippen LogP contribution in [0.25, 0.3) is 0 Å². The van der Waals surface area contributed by atoms with Crippen LogP contribution in [0.1, 0.15) is 12.5 Å². The summed E-state index contributed by atoms with van der Waals surface area (Å²) in [6, 6.07) is 6.71. The van der Waals surface area contributed by atoms with Gasteiger partial charge in [-0.1, -0.05) is 12.1 Å². The Balaban J connectivity index is 2.80. The first kappa shape index (κ1) is 17.6. The Hall–Kier alpha value is -1.44. The third-order valence-corrected chi connectivity index (χ3v) is 4.64. The van der Waals surface area contributed by atoms with E-state index in [4.69, 9.17) is 4.74 Å². The van der Waals surface area contributed by atoms with Gasteiger partial charge in [0, 0.05) is 20.6 Å². The van der Waals surface area contributed by atoms with Crippen molar-refractivity contribution in [2.24, 2.45) is 0 Å². The highest BCUT2D eigenvalue weighted by molar-refractivity contribution is 7.89. The Bertz CT molecular complexity index is 584. The molecule has 0 radical (unpaired) electrons. The molecule has 0 saturated carbocycles. The third kappa shape index (κ3) is 5.11. The fourth-order valence-electron chi connectivity index (χ4n) is 1.81. The number of sulfonamides is 1. The molecule has 1 aromatic carbocycles. The van der Waals surface area contributed by atoms with E-state index in [2.05, 4.69) is 0 Å². The van der Waals surface area contributed by atoms with Crippen LogP contribution < -0.4 is 0 Å². The van der Waals surface area contributed by atoms with Crippen LogP contribution >= 0.6 is 0 Å². The van der Waals surface area contributed by atoms with Gasteiger partial charge in [0.15, 0.2) is 0 Å². The Morgan fingerprint density at radius 3 is 2.48 bits per heavy atom. The van der Waals surface area contributed by atoms with Crippen molar-refractivity contribution in [1.82, 2.24) is 9.21 Å². The molecule has 0 amide bonds. The van der Waals surface area contributed by atoms with Crippen LogP contribution in [0.5, 0.6) is 0 Å². The Morgan fingerprint density at radius 1 is 1.24 bits per heavy atom. The van der Waals surface area contributed by atoms with Gasteiger partial charge in [0.2, 0.25) is 10.0 Å². The van der Waals surface area contributed by atoms with Crippen molar-refractivity contribution in [3.63, 3.8) is 0 Å². The molecule has 7 heteroatoms. The predicted octanol–water partition coefficient (Wildman–Crippen LogP) is 0.932. The zero-order chi connectivity index (χ0) is 16.0. The average molecular weight is 314 g/mol. The van der Waals surface area contributed by atoms with E-state index in [1.807, 2.05) is 6.07 Å². The molecule has 6 nitrogen and oxygen atoms in total. The minimum atomic E-state index is -3.44. The molecule has 1 aromatic rings. The van der Waals surface area contributed by atoms with E-state index in [0.29, 0.717) is 13.2 Å². The van der Waals surface area contributed by atoms with Gasteiger partial charge < -0.3 is 4.74 Å². The van der Waals surface area contributed by atoms with Gasteiger partial charge in [0.1, 0.15) is 0 Å². The van der Waals surface area contributed by atoms with E-state index in [-0.39, 0.29) is 17.4 Å². The molecule has 0 N–H and O–H groups in total. The summed E-state index contributed by atoms with van der Waals surface area (Å²) in [5.74, 6) is -0.294. The van der Waals surface area contributed by atoms with E-state index in [0.717, 1.165) is 5.56 Å². The average Bonchev–Trinajstić information content (AvgIpc) is 2.38. The normalized spacial score (nSPS) is 11.9. The van der Waals surface area contributed by atoms with Crippen LogP contribution in [0.15, 0.2) is 29.2 Å². The number of carbonyl (C=O) groups is 1. The van der Waals surface area contributed by atoms with E-state index < -0.39 is 10.0 Å². The van der Waals surface area contributed by atoms with Crippen molar-refractivity contribution in [3.05, 3.63) is 29.8 Å². The largest absolute Gasteiger partial charge is 0.465 e. The molecule has 118 valence electrons. The summed E-state index contributed by atoms with van der Waals surface area (Å²) in [4.78, 5) is 13.4. The van der Waals surface area contributed by atoms with Gasteiger partial charge >= 0.3 is 5.97 Å². The highest BCUT2D eigenvalue weighted by Crippen LogP contribution is 2.15. The Labute approximate surface area is 126 Å². The Kier molecular flexibility index (Phi) is 6.32. The van der Waals surface area contributed by atoms with Crippen molar-refractivity contribution in [3.8, 4) is 0 Å². The molecule has 21 heavy (non-hydrogen) atoms. The number of nitrogens with zero attached hydrogens (tertiary/aromatic N) is 2. The van der Waals surface area contributed by atoms with Crippen LogP contribution in [0.4, 0.5) is 0 Å². The number of carbonyl (C=O) groups excluding carboxylic acids is 1. The van der Waals surface area contributed by atoms with Crippen molar-refractivity contribution in [2.45, 2.75) is 18.4 Å². The molecular formula is C14H22N2O4S. The second kappa shape index (κ2) is 7.53. The van der Waals surface area contributed by atoms with Crippen LogP contribution in [0.2, 0.25) is 0 Å². The first-order valence-electron chi connectivity index (χ1n) is 6.63. The van der Waals surface area contributed by atoms with Gasteiger partial charge in [0.25, 0.3) is 0 Å². The standard InChI is InChI=1S/C14H22N2O4S/c1-5-20-14(17)11-16(4)10-12-7-6-8-13(9-12)21(18,19)15(2)3/h6-9H,5,10-11H2,1-4H3. The number of likely N-dealkylation sites (N-methyl/N-ethyl adjacent to an activating group) is 1. The van der Waals surface area contributed by atoms with Gasteiger partial charge in [-0.2, -0.15) is 0 Å². The molecule has 0 atom stereocenters. The zero-order valence-corrected chi connectivity index (χ0v) is 13.7. The molecular weight excluding hydrogens is 292 g/mol. The molecule has 0 fully saturated rings. The molecule has 0 spiro atoms. The van der Waals surface area contributed by atoms with E-state index in [1.54, 1.807) is 37.1 Å². The molecule has 0 bridgehead atoms. The molecule has 0 unspecified atom stereocenters. The lowest BCUT2D eigenvalue weighted by molar-refractivity contribution is -0.144. The summed E-state index contributed by atoms with van der Waals surface area (Å²) in [7, 11) is 1.33. The predicted molar refractivity (Wildman–Crippen MR) is 80.3 cm³/mol. The molecule has 0 aliphatic carbocycles. The second-order valence-electron chi connectivity index (χ2n) is 4.91. The zero-order valence-electron chi connectivity index (χ0n) is 12.9. The van der Waals surface area contributed by atoms with Crippen LogP contribution in [-0.2, 0) is 26.1 Å². The molecule has 0 heterocycles. The van der Waals surface area contributed by atoms with E-state index in [9.17, 15) is 13.2 Å². The minimum absolute atomic E-state index is 0.165. The maximum absolute atomic E-state index is 12.1. The van der Waals surface area contributed by atoms with Crippen molar-refractivity contribution in [2.75, 3.05) is 34.3 Å². The number of ether oxygens (including phenoxy) is 1. The maximum Gasteiger partial charge on any atom is 0.320 e. The van der Waals surface area contributed by atoms with E-state index in [1.165, 1.54) is 18.4 Å². The molecule has 0 aliphatic heterocycles. The Morgan fingerprint density at radius 2 is 1.90 bits per heavy atom. The van der Waals surface area contributed by atoms with Crippen LogP contribution in [0.3, 0.4) is 0 Å². The highest BCUT2D eigenvalue weighted by atomic mass is 32.2. The summed E-state index contributed by atoms with van der Waals surface area (Å²) < 4.78 is 30.2. The quantitative estimate of drug-likeness (QED) is 0.701. The highest BCUT2D eigenvalue weighted by Gasteiger charge is 2.17. The first-order chi connectivity index (χ1) is 9.77. The smallest absolute Gasteiger partial charge is 0.320 e. The topological polar surface area (TPSA) is 66.9 Å². The van der Waals surface area contributed by atoms with Gasteiger partial charge in [-0.15, -0.1) is 0 Å². The molecule has 1 rings (SSSR count). The lowest BCUT2D eigenvalue weighted by Crippen LogP contribution is -2.27. The lowest BCUT2D eigenvalue weighted by Gasteiger charge is -2.17. The van der Waals surface area contributed by atoms with Crippen molar-refractivity contribution >= 4 is 16.0 Å². The second-order valence-corrected chi connectivity index (χ2v) is 7.06.